The summed E-state index contributed by atoms with van der Waals surface area (Å²) in [5, 5.41) is 0.727. The topological polar surface area (TPSA) is 17.3 Å². The summed E-state index contributed by atoms with van der Waals surface area (Å²) >= 11 is 6.17. The fourth-order valence-corrected chi connectivity index (χ4v) is 3.06. The molecule has 2 nitrogen and oxygen atoms in total. The molecule has 0 atom stereocenters. The Labute approximate surface area is 140 Å². The van der Waals surface area contributed by atoms with Crippen molar-refractivity contribution in [2.24, 2.45) is 0 Å². The normalized spacial score (nSPS) is 11.0. The fraction of sp³-hybridized carbons (Fsp3) is 0.0500. The SMILES string of the molecule is Clc1cccc(-c2nc3ccccn3c2Cc2ccccc2)c1. The van der Waals surface area contributed by atoms with Crippen LogP contribution in [0.4, 0.5) is 0 Å². The maximum Gasteiger partial charge on any atom is 0.137 e. The van der Waals surface area contributed by atoms with Gasteiger partial charge in [0.2, 0.25) is 0 Å². The van der Waals surface area contributed by atoms with Crippen molar-refractivity contribution in [3.8, 4) is 11.3 Å². The third kappa shape index (κ3) is 2.73. The van der Waals surface area contributed by atoms with Gasteiger partial charge < -0.3 is 4.40 Å². The van der Waals surface area contributed by atoms with E-state index in [1.165, 1.54) is 11.3 Å². The molecular weight excluding hydrogens is 304 g/mol. The van der Waals surface area contributed by atoms with Crippen LogP contribution in [0.5, 0.6) is 0 Å². The second kappa shape index (κ2) is 5.90. The van der Waals surface area contributed by atoms with Gasteiger partial charge in [-0.15, -0.1) is 0 Å². The largest absolute Gasteiger partial charge is 0.303 e. The first-order valence-electron chi connectivity index (χ1n) is 7.57. The molecule has 3 heteroatoms. The molecule has 2 aromatic heterocycles. The summed E-state index contributed by atoms with van der Waals surface area (Å²) in [6, 6.07) is 24.4. The number of aromatic nitrogens is 2. The van der Waals surface area contributed by atoms with Gasteiger partial charge in [-0.25, -0.2) is 4.98 Å². The Morgan fingerprint density at radius 2 is 1.70 bits per heavy atom. The van der Waals surface area contributed by atoms with Gasteiger partial charge in [0.1, 0.15) is 5.65 Å². The number of rotatable bonds is 3. The molecule has 0 N–H and O–H groups in total. The molecule has 2 aromatic carbocycles. The number of hydrogen-bond donors (Lipinski definition) is 0. The first kappa shape index (κ1) is 14.0. The van der Waals surface area contributed by atoms with Gasteiger partial charge in [0.05, 0.1) is 11.4 Å². The number of benzene rings is 2. The van der Waals surface area contributed by atoms with Crippen molar-refractivity contribution in [2.45, 2.75) is 6.42 Å². The standard InChI is InChI=1S/C20H15ClN2/c21-17-10-6-9-16(14-17)20-18(13-15-7-2-1-3-8-15)23-12-5-4-11-19(23)22-20/h1-12,14H,13H2. The van der Waals surface area contributed by atoms with Crippen LogP contribution in [-0.4, -0.2) is 9.38 Å². The van der Waals surface area contributed by atoms with E-state index in [4.69, 9.17) is 16.6 Å². The quantitative estimate of drug-likeness (QED) is 0.504. The molecule has 0 amide bonds. The lowest BCUT2D eigenvalue weighted by Crippen LogP contribution is -1.96. The predicted octanol–water partition coefficient (Wildman–Crippen LogP) is 5.25. The van der Waals surface area contributed by atoms with E-state index >= 15 is 0 Å². The van der Waals surface area contributed by atoms with Crippen molar-refractivity contribution in [1.82, 2.24) is 9.38 Å². The number of halogens is 1. The van der Waals surface area contributed by atoms with Crippen LogP contribution in [0.2, 0.25) is 5.02 Å². The minimum Gasteiger partial charge on any atom is -0.303 e. The third-order valence-corrected chi connectivity index (χ3v) is 4.18. The molecule has 0 saturated heterocycles. The van der Waals surface area contributed by atoms with Gasteiger partial charge in [-0.05, 0) is 29.8 Å². The van der Waals surface area contributed by atoms with Crippen LogP contribution in [0.15, 0.2) is 79.0 Å². The van der Waals surface area contributed by atoms with Gasteiger partial charge in [0.15, 0.2) is 0 Å². The Bertz CT molecular complexity index is 958. The van der Waals surface area contributed by atoms with Crippen molar-refractivity contribution in [2.75, 3.05) is 0 Å². The van der Waals surface area contributed by atoms with Crippen LogP contribution in [-0.2, 0) is 6.42 Å². The van der Waals surface area contributed by atoms with Gasteiger partial charge >= 0.3 is 0 Å². The molecule has 0 aliphatic carbocycles. The van der Waals surface area contributed by atoms with Crippen molar-refractivity contribution < 1.29 is 0 Å². The Morgan fingerprint density at radius 3 is 2.52 bits per heavy atom. The zero-order valence-electron chi connectivity index (χ0n) is 12.5. The van der Waals surface area contributed by atoms with Crippen molar-refractivity contribution in [3.63, 3.8) is 0 Å². The molecule has 112 valence electrons. The molecule has 0 spiro atoms. The summed E-state index contributed by atoms with van der Waals surface area (Å²) in [6.45, 7) is 0. The molecule has 2 heterocycles. The summed E-state index contributed by atoms with van der Waals surface area (Å²) in [5.41, 5.74) is 5.43. The highest BCUT2D eigenvalue weighted by Crippen LogP contribution is 2.28. The van der Waals surface area contributed by atoms with E-state index in [0.29, 0.717) is 0 Å². The molecule has 0 unspecified atom stereocenters. The minimum absolute atomic E-state index is 0.727. The highest BCUT2D eigenvalue weighted by Gasteiger charge is 2.14. The Kier molecular flexibility index (Phi) is 3.60. The number of pyridine rings is 1. The third-order valence-electron chi connectivity index (χ3n) is 3.94. The van der Waals surface area contributed by atoms with Gasteiger partial charge in [0.25, 0.3) is 0 Å². The molecule has 0 aliphatic rings. The van der Waals surface area contributed by atoms with Crippen molar-refractivity contribution >= 4 is 17.2 Å². The first-order valence-corrected chi connectivity index (χ1v) is 7.95. The molecule has 0 bridgehead atoms. The molecule has 0 fully saturated rings. The highest BCUT2D eigenvalue weighted by atomic mass is 35.5. The molecular formula is C20H15ClN2. The molecule has 4 rings (SSSR count). The maximum absolute atomic E-state index is 6.17. The van der Waals surface area contributed by atoms with Crippen LogP contribution < -0.4 is 0 Å². The molecule has 0 radical (unpaired) electrons. The number of nitrogens with zero attached hydrogens (tertiary/aromatic N) is 2. The van der Waals surface area contributed by atoms with Gasteiger partial charge in [-0.2, -0.15) is 0 Å². The van der Waals surface area contributed by atoms with E-state index in [2.05, 4.69) is 40.9 Å². The summed E-state index contributed by atoms with van der Waals surface area (Å²) in [5.74, 6) is 0. The predicted molar refractivity (Wildman–Crippen MR) is 94.9 cm³/mol. The number of imidazole rings is 1. The van der Waals surface area contributed by atoms with E-state index < -0.39 is 0 Å². The van der Waals surface area contributed by atoms with E-state index in [1.54, 1.807) is 0 Å². The molecule has 0 saturated carbocycles. The Morgan fingerprint density at radius 1 is 0.870 bits per heavy atom. The van der Waals surface area contributed by atoms with Gasteiger partial charge in [-0.1, -0.05) is 60.1 Å². The fourth-order valence-electron chi connectivity index (χ4n) is 2.87. The lowest BCUT2D eigenvalue weighted by Gasteiger charge is -2.06. The minimum atomic E-state index is 0.727. The zero-order chi connectivity index (χ0) is 15.6. The molecule has 0 aliphatic heterocycles. The summed E-state index contributed by atoms with van der Waals surface area (Å²) in [7, 11) is 0. The van der Waals surface area contributed by atoms with E-state index in [0.717, 1.165) is 28.3 Å². The number of hydrogen-bond acceptors (Lipinski definition) is 1. The Balaban J connectivity index is 1.91. The van der Waals surface area contributed by atoms with Crippen molar-refractivity contribution in [3.05, 3.63) is 95.3 Å². The second-order valence-corrected chi connectivity index (χ2v) is 5.95. The van der Waals surface area contributed by atoms with Crippen LogP contribution in [0.1, 0.15) is 11.3 Å². The van der Waals surface area contributed by atoms with Crippen LogP contribution >= 0.6 is 11.6 Å². The second-order valence-electron chi connectivity index (χ2n) is 5.51. The highest BCUT2D eigenvalue weighted by molar-refractivity contribution is 6.30. The monoisotopic (exact) mass is 318 g/mol. The van der Waals surface area contributed by atoms with E-state index in [1.807, 2.05) is 42.5 Å². The van der Waals surface area contributed by atoms with Crippen LogP contribution in [0.25, 0.3) is 16.9 Å². The summed E-state index contributed by atoms with van der Waals surface area (Å²) in [6.07, 6.45) is 2.89. The van der Waals surface area contributed by atoms with E-state index in [-0.39, 0.29) is 0 Å². The lowest BCUT2D eigenvalue weighted by molar-refractivity contribution is 1.03. The lowest BCUT2D eigenvalue weighted by atomic mass is 10.0. The van der Waals surface area contributed by atoms with Crippen LogP contribution in [0.3, 0.4) is 0 Å². The first-order chi connectivity index (χ1) is 11.3. The maximum atomic E-state index is 6.17. The number of fused-ring (bicyclic) bond motifs is 1. The Hall–Kier alpha value is -2.58. The average Bonchev–Trinajstić information content (AvgIpc) is 2.95. The van der Waals surface area contributed by atoms with Crippen LogP contribution in [0, 0.1) is 0 Å². The molecule has 4 aromatic rings. The summed E-state index contributed by atoms with van der Waals surface area (Å²) in [4.78, 5) is 4.82. The zero-order valence-corrected chi connectivity index (χ0v) is 13.2. The van der Waals surface area contributed by atoms with E-state index in [9.17, 15) is 0 Å². The molecule has 23 heavy (non-hydrogen) atoms. The summed E-state index contributed by atoms with van der Waals surface area (Å²) < 4.78 is 2.16. The van der Waals surface area contributed by atoms with Gasteiger partial charge in [0, 0.05) is 23.2 Å². The van der Waals surface area contributed by atoms with Crippen molar-refractivity contribution in [1.29, 1.82) is 0 Å². The average molecular weight is 319 g/mol. The van der Waals surface area contributed by atoms with Gasteiger partial charge in [-0.3, -0.25) is 0 Å². The smallest absolute Gasteiger partial charge is 0.137 e.